The molecule has 0 unspecified atom stereocenters. The molecule has 0 saturated heterocycles. The van der Waals surface area contributed by atoms with Crippen molar-refractivity contribution in [1.82, 2.24) is 10.2 Å². The standard InChI is InChI=1S/C25H21FN2O2/c26-22-13-7-12-21(14-22)15-23-16-24(29-17-19-8-3-1-4-9-19)25(28-27-23)30-18-20-10-5-2-6-11-20/h1-14,16H,15,17-18H2. The van der Waals surface area contributed by atoms with Crippen molar-refractivity contribution >= 4 is 0 Å². The normalized spacial score (nSPS) is 10.6. The second-order valence-electron chi connectivity index (χ2n) is 6.86. The highest BCUT2D eigenvalue weighted by molar-refractivity contribution is 5.36. The molecule has 4 aromatic rings. The Morgan fingerprint density at radius 2 is 1.27 bits per heavy atom. The summed E-state index contributed by atoms with van der Waals surface area (Å²) in [5, 5.41) is 8.49. The molecular formula is C25H21FN2O2. The molecule has 1 aromatic heterocycles. The molecule has 0 N–H and O–H groups in total. The number of aromatic nitrogens is 2. The highest BCUT2D eigenvalue weighted by Crippen LogP contribution is 2.27. The van der Waals surface area contributed by atoms with Gasteiger partial charge in [-0.25, -0.2) is 4.39 Å². The Kier molecular flexibility index (Phi) is 6.30. The molecule has 30 heavy (non-hydrogen) atoms. The number of ether oxygens (including phenoxy) is 2. The van der Waals surface area contributed by atoms with Crippen molar-refractivity contribution in [1.29, 1.82) is 0 Å². The van der Waals surface area contributed by atoms with Crippen LogP contribution in [0.1, 0.15) is 22.4 Å². The van der Waals surface area contributed by atoms with Gasteiger partial charge in [-0.3, -0.25) is 0 Å². The van der Waals surface area contributed by atoms with Crippen molar-refractivity contribution in [2.75, 3.05) is 0 Å². The Labute approximate surface area is 174 Å². The summed E-state index contributed by atoms with van der Waals surface area (Å²) in [7, 11) is 0. The molecule has 0 spiro atoms. The van der Waals surface area contributed by atoms with Gasteiger partial charge in [0.2, 0.25) is 0 Å². The minimum atomic E-state index is -0.274. The van der Waals surface area contributed by atoms with Gasteiger partial charge in [0.05, 0.1) is 5.69 Å². The number of hydrogen-bond acceptors (Lipinski definition) is 4. The molecule has 150 valence electrons. The zero-order chi connectivity index (χ0) is 20.6. The molecule has 4 rings (SSSR count). The van der Waals surface area contributed by atoms with Crippen LogP contribution in [0.15, 0.2) is 91.0 Å². The van der Waals surface area contributed by atoms with Crippen LogP contribution in [-0.2, 0) is 19.6 Å². The van der Waals surface area contributed by atoms with Crippen molar-refractivity contribution in [3.05, 3.63) is 119 Å². The Balaban J connectivity index is 1.54. The molecule has 0 aliphatic rings. The molecule has 0 aliphatic heterocycles. The first-order chi connectivity index (χ1) is 14.8. The Hall–Kier alpha value is -3.73. The van der Waals surface area contributed by atoms with E-state index in [2.05, 4.69) is 10.2 Å². The third-order valence-electron chi connectivity index (χ3n) is 4.51. The first kappa shape index (κ1) is 19.6. The van der Waals surface area contributed by atoms with Gasteiger partial charge in [-0.2, -0.15) is 5.10 Å². The van der Waals surface area contributed by atoms with Crippen LogP contribution in [0.4, 0.5) is 4.39 Å². The van der Waals surface area contributed by atoms with Crippen LogP contribution in [0.5, 0.6) is 11.6 Å². The highest BCUT2D eigenvalue weighted by atomic mass is 19.1. The fourth-order valence-electron chi connectivity index (χ4n) is 3.01. The SMILES string of the molecule is Fc1cccc(Cc2cc(OCc3ccccc3)c(OCc3ccccc3)nn2)c1. The van der Waals surface area contributed by atoms with E-state index in [1.165, 1.54) is 12.1 Å². The molecule has 0 radical (unpaired) electrons. The van der Waals surface area contributed by atoms with Gasteiger partial charge in [0.25, 0.3) is 5.88 Å². The van der Waals surface area contributed by atoms with E-state index in [9.17, 15) is 4.39 Å². The lowest BCUT2D eigenvalue weighted by molar-refractivity contribution is 0.243. The topological polar surface area (TPSA) is 44.2 Å². The lowest BCUT2D eigenvalue weighted by Gasteiger charge is -2.13. The molecule has 1 heterocycles. The van der Waals surface area contributed by atoms with E-state index in [1.54, 1.807) is 12.1 Å². The van der Waals surface area contributed by atoms with Crippen LogP contribution in [0.2, 0.25) is 0 Å². The molecule has 0 fully saturated rings. The summed E-state index contributed by atoms with van der Waals surface area (Å²) >= 11 is 0. The Morgan fingerprint density at radius 3 is 1.93 bits per heavy atom. The van der Waals surface area contributed by atoms with Crippen LogP contribution in [0, 0.1) is 5.82 Å². The molecule has 4 nitrogen and oxygen atoms in total. The number of halogens is 1. The van der Waals surface area contributed by atoms with Crippen molar-refractivity contribution in [2.24, 2.45) is 0 Å². The molecule has 0 amide bonds. The highest BCUT2D eigenvalue weighted by Gasteiger charge is 2.12. The van der Waals surface area contributed by atoms with Crippen LogP contribution in [0.3, 0.4) is 0 Å². The van der Waals surface area contributed by atoms with Crippen molar-refractivity contribution in [3.63, 3.8) is 0 Å². The third-order valence-corrected chi connectivity index (χ3v) is 4.51. The van der Waals surface area contributed by atoms with Gasteiger partial charge >= 0.3 is 0 Å². The van der Waals surface area contributed by atoms with E-state index in [0.29, 0.717) is 37.0 Å². The predicted octanol–water partition coefficient (Wildman–Crippen LogP) is 5.36. The summed E-state index contributed by atoms with van der Waals surface area (Å²) in [6, 6.07) is 28.0. The molecule has 0 bridgehead atoms. The van der Waals surface area contributed by atoms with Crippen molar-refractivity contribution in [3.8, 4) is 11.6 Å². The maximum atomic E-state index is 13.5. The average molecular weight is 400 g/mol. The monoisotopic (exact) mass is 400 g/mol. The summed E-state index contributed by atoms with van der Waals surface area (Å²) in [5.74, 6) is 0.567. The lowest BCUT2D eigenvalue weighted by atomic mass is 10.1. The zero-order valence-corrected chi connectivity index (χ0v) is 16.4. The first-order valence-corrected chi connectivity index (χ1v) is 9.71. The second kappa shape index (κ2) is 9.65. The van der Waals surface area contributed by atoms with Gasteiger partial charge in [0.15, 0.2) is 5.75 Å². The molecule has 0 saturated carbocycles. The molecule has 3 aromatic carbocycles. The minimum Gasteiger partial charge on any atom is -0.483 e. The van der Waals surface area contributed by atoms with E-state index in [4.69, 9.17) is 9.47 Å². The smallest absolute Gasteiger partial charge is 0.276 e. The van der Waals surface area contributed by atoms with Crippen molar-refractivity contribution < 1.29 is 13.9 Å². The van der Waals surface area contributed by atoms with Crippen LogP contribution in [-0.4, -0.2) is 10.2 Å². The van der Waals surface area contributed by atoms with E-state index < -0.39 is 0 Å². The Bertz CT molecular complexity index is 1090. The lowest BCUT2D eigenvalue weighted by Crippen LogP contribution is -2.05. The van der Waals surface area contributed by atoms with Crippen molar-refractivity contribution in [2.45, 2.75) is 19.6 Å². The Morgan fingerprint density at radius 1 is 0.633 bits per heavy atom. The maximum Gasteiger partial charge on any atom is 0.276 e. The van der Waals surface area contributed by atoms with Crippen LogP contribution < -0.4 is 9.47 Å². The van der Waals surface area contributed by atoms with Gasteiger partial charge in [0, 0.05) is 12.5 Å². The number of nitrogens with zero attached hydrogens (tertiary/aromatic N) is 2. The molecular weight excluding hydrogens is 379 g/mol. The first-order valence-electron chi connectivity index (χ1n) is 9.71. The van der Waals surface area contributed by atoms with E-state index in [0.717, 1.165) is 16.7 Å². The maximum absolute atomic E-state index is 13.5. The third kappa shape index (κ3) is 5.41. The van der Waals surface area contributed by atoms with Gasteiger partial charge in [-0.15, -0.1) is 5.10 Å². The fourth-order valence-corrected chi connectivity index (χ4v) is 3.01. The van der Waals surface area contributed by atoms with E-state index in [-0.39, 0.29) is 5.82 Å². The predicted molar refractivity (Wildman–Crippen MR) is 113 cm³/mol. The largest absolute Gasteiger partial charge is 0.483 e. The summed E-state index contributed by atoms with van der Waals surface area (Å²) < 4.78 is 25.4. The van der Waals surface area contributed by atoms with Gasteiger partial charge in [-0.1, -0.05) is 72.8 Å². The number of rotatable bonds is 8. The summed E-state index contributed by atoms with van der Waals surface area (Å²) in [6.07, 6.45) is 0.450. The van der Waals surface area contributed by atoms with Gasteiger partial charge in [0.1, 0.15) is 19.0 Å². The molecule has 5 heteroatoms. The number of hydrogen-bond donors (Lipinski definition) is 0. The van der Waals surface area contributed by atoms with E-state index >= 15 is 0 Å². The summed E-state index contributed by atoms with van der Waals surface area (Å²) in [6.45, 7) is 0.744. The van der Waals surface area contributed by atoms with Gasteiger partial charge in [-0.05, 0) is 28.8 Å². The van der Waals surface area contributed by atoms with Crippen LogP contribution in [0.25, 0.3) is 0 Å². The molecule has 0 atom stereocenters. The fraction of sp³-hybridized carbons (Fsp3) is 0.120. The summed E-state index contributed by atoms with van der Waals surface area (Å²) in [5.41, 5.74) is 3.55. The molecule has 0 aliphatic carbocycles. The van der Waals surface area contributed by atoms with Crippen LogP contribution >= 0.6 is 0 Å². The number of benzene rings is 3. The average Bonchev–Trinajstić information content (AvgIpc) is 2.78. The summed E-state index contributed by atoms with van der Waals surface area (Å²) in [4.78, 5) is 0. The van der Waals surface area contributed by atoms with Gasteiger partial charge < -0.3 is 9.47 Å². The zero-order valence-electron chi connectivity index (χ0n) is 16.4. The quantitative estimate of drug-likeness (QED) is 0.399. The second-order valence-corrected chi connectivity index (χ2v) is 6.86. The van der Waals surface area contributed by atoms with E-state index in [1.807, 2.05) is 66.7 Å². The minimum absolute atomic E-state index is 0.274.